The summed E-state index contributed by atoms with van der Waals surface area (Å²) in [6.45, 7) is 35.0. The zero-order chi connectivity index (χ0) is 42.4. The van der Waals surface area contributed by atoms with E-state index < -0.39 is 16.6 Å². The Labute approximate surface area is 341 Å². The molecule has 5 nitrogen and oxygen atoms in total. The first-order valence-electron chi connectivity index (χ1n) is 21.4. The molecule has 4 saturated carbocycles. The summed E-state index contributed by atoms with van der Waals surface area (Å²) in [5.41, 5.74) is 3.77. The SMILES string of the molecule is C=CC.CC.CC.CC(=O)C(=O)Cl.CC(=O)[C@]12CCC[C@@H]1[C@H]1CCC3[C@@]4(C)CC=C(c5ccc(C(=O)OC(C)(C)C)cc5)C(C)(C)C4CC[C@@]3(C)[C@]1(C)CC2. The zero-order valence-electron chi connectivity index (χ0n) is 37.5. The molecule has 0 radical (unpaired) electrons. The second-order valence-corrected chi connectivity index (χ2v) is 19.1. The number of halogens is 1. The predicted molar refractivity (Wildman–Crippen MR) is 231 cm³/mol. The van der Waals surface area contributed by atoms with Crippen molar-refractivity contribution < 1.29 is 23.9 Å². The van der Waals surface area contributed by atoms with Crippen LogP contribution in [0.3, 0.4) is 0 Å². The number of esters is 1. The standard InChI is InChI=1S/C39H56O3.C3H3ClO2.C3H6.2C2H6/c1-25(40)39-20-10-11-30(39)29-16-17-32-36(7)21-18-28(26-12-14-27(15-13-26)33(41)42-34(2,3)4)35(5,6)31(36)19-22-38(32,9)37(29,8)23-24-39;1-2(5)3(4)6;1-3-2;2*1-2/h12-15,18,29-32H,10-11,16-17,19-24H2,1-9H3;1H3;3H,1H2,2H3;2*1-2H3/t29-,30-,31?,32?,36+,37-,38-,39-;;;;/m1..../s1. The van der Waals surface area contributed by atoms with E-state index in [0.29, 0.717) is 45.8 Å². The number of allylic oxidation sites excluding steroid dienone is 3. The lowest BCUT2D eigenvalue weighted by Crippen LogP contribution is -2.65. The molecule has 8 atom stereocenters. The third kappa shape index (κ3) is 9.29. The van der Waals surface area contributed by atoms with Gasteiger partial charge in [0.25, 0.3) is 5.24 Å². The van der Waals surface area contributed by atoms with Gasteiger partial charge < -0.3 is 4.74 Å². The van der Waals surface area contributed by atoms with Gasteiger partial charge in [-0.2, -0.15) is 0 Å². The Morgan fingerprint density at radius 2 is 1.33 bits per heavy atom. The van der Waals surface area contributed by atoms with E-state index >= 15 is 0 Å². The van der Waals surface area contributed by atoms with Crippen molar-refractivity contribution in [1.82, 2.24) is 0 Å². The Hall–Kier alpha value is -2.53. The monoisotopic (exact) mass is 781 g/mol. The molecule has 0 spiro atoms. The second-order valence-electron chi connectivity index (χ2n) is 18.7. The largest absolute Gasteiger partial charge is 0.456 e. The number of hydrogen-bond acceptors (Lipinski definition) is 5. The fourth-order valence-corrected chi connectivity index (χ4v) is 12.4. The minimum absolute atomic E-state index is 0.0159. The number of hydrogen-bond donors (Lipinski definition) is 0. The predicted octanol–water partition coefficient (Wildman–Crippen LogP) is 13.7. The molecule has 2 unspecified atom stereocenters. The van der Waals surface area contributed by atoms with Gasteiger partial charge in [-0.15, -0.1) is 6.58 Å². The lowest BCUT2D eigenvalue weighted by molar-refractivity contribution is -0.221. The fourth-order valence-electron chi connectivity index (χ4n) is 12.4. The number of carbonyl (C=O) groups is 4. The quantitative estimate of drug-likeness (QED) is 0.132. The van der Waals surface area contributed by atoms with E-state index in [9.17, 15) is 19.2 Å². The Kier molecular flexibility index (Phi) is 16.6. The average Bonchev–Trinajstić information content (AvgIpc) is 3.56. The molecular formula is C49H77ClO5. The lowest BCUT2D eigenvalue weighted by atomic mass is 9.32. The first-order valence-corrected chi connectivity index (χ1v) is 21.8. The van der Waals surface area contributed by atoms with Crippen molar-refractivity contribution in [3.05, 3.63) is 54.1 Å². The number of Topliss-reactive ketones (excluding diaryl/α,β-unsaturated/α-hetero) is 2. The third-order valence-corrected chi connectivity index (χ3v) is 15.0. The van der Waals surface area contributed by atoms with Gasteiger partial charge >= 0.3 is 5.97 Å². The topological polar surface area (TPSA) is 77.5 Å². The normalized spacial score (nSPS) is 33.6. The molecule has 0 N–H and O–H groups in total. The Balaban J connectivity index is 0.000000708. The van der Waals surface area contributed by atoms with Crippen molar-refractivity contribution >= 4 is 40.0 Å². The molecule has 0 amide bonds. The number of fused-ring (bicyclic) bond motifs is 7. The molecule has 310 valence electrons. The van der Waals surface area contributed by atoms with Gasteiger partial charge in [0.05, 0.1) is 5.56 Å². The van der Waals surface area contributed by atoms with Crippen LogP contribution in [0.2, 0.25) is 0 Å². The third-order valence-electron chi connectivity index (χ3n) is 14.7. The van der Waals surface area contributed by atoms with Crippen LogP contribution < -0.4 is 0 Å². The van der Waals surface area contributed by atoms with Crippen molar-refractivity contribution in [3.8, 4) is 0 Å². The highest BCUT2D eigenvalue weighted by Gasteiger charge is 2.69. The lowest BCUT2D eigenvalue weighted by Gasteiger charge is -2.72. The van der Waals surface area contributed by atoms with Crippen LogP contribution in [0.5, 0.6) is 0 Å². The van der Waals surface area contributed by atoms with Gasteiger partial charge in [-0.05, 0) is 173 Å². The molecule has 1 aromatic rings. The number of ketones is 2. The van der Waals surface area contributed by atoms with Crippen LogP contribution >= 0.6 is 11.6 Å². The highest BCUT2D eigenvalue weighted by Crippen LogP contribution is 2.77. The molecule has 0 heterocycles. The molecule has 1 aromatic carbocycles. The summed E-state index contributed by atoms with van der Waals surface area (Å²) in [5, 5.41) is -0.907. The van der Waals surface area contributed by atoms with Gasteiger partial charge in [0.2, 0.25) is 5.78 Å². The minimum atomic E-state index is -0.907. The van der Waals surface area contributed by atoms with Gasteiger partial charge in [0, 0.05) is 12.3 Å². The van der Waals surface area contributed by atoms with Crippen molar-refractivity contribution in [2.45, 2.75) is 174 Å². The number of ether oxygens (including phenoxy) is 1. The molecule has 5 aliphatic carbocycles. The number of rotatable bonds is 4. The van der Waals surface area contributed by atoms with E-state index in [-0.39, 0.29) is 22.2 Å². The van der Waals surface area contributed by atoms with Crippen LogP contribution in [0.1, 0.15) is 184 Å². The summed E-state index contributed by atoms with van der Waals surface area (Å²) in [4.78, 5) is 45.0. The van der Waals surface area contributed by atoms with Gasteiger partial charge in [-0.1, -0.05) is 93.0 Å². The average molecular weight is 782 g/mol. The summed E-state index contributed by atoms with van der Waals surface area (Å²) < 4.78 is 5.61. The van der Waals surface area contributed by atoms with Gasteiger partial charge in [0.1, 0.15) is 11.4 Å². The van der Waals surface area contributed by atoms with Crippen LogP contribution in [0.4, 0.5) is 0 Å². The highest BCUT2D eigenvalue weighted by molar-refractivity contribution is 6.80. The van der Waals surface area contributed by atoms with E-state index in [1.807, 2.05) is 74.4 Å². The molecule has 4 fully saturated rings. The maximum Gasteiger partial charge on any atom is 0.338 e. The second kappa shape index (κ2) is 18.8. The maximum absolute atomic E-state index is 13.1. The molecular weight excluding hydrogens is 704 g/mol. The summed E-state index contributed by atoms with van der Waals surface area (Å²) in [6.07, 6.45) is 16.7. The molecule has 6 heteroatoms. The molecule has 0 aliphatic heterocycles. The first-order chi connectivity index (χ1) is 25.6. The Bertz CT molecular complexity index is 1540. The molecule has 0 aromatic heterocycles. The molecule has 0 bridgehead atoms. The first kappa shape index (κ1) is 48.6. The van der Waals surface area contributed by atoms with Crippen LogP contribution in [0.15, 0.2) is 43.0 Å². The van der Waals surface area contributed by atoms with Gasteiger partial charge in [-0.25, -0.2) is 4.79 Å². The molecule has 5 aliphatic rings. The van der Waals surface area contributed by atoms with E-state index in [4.69, 9.17) is 4.74 Å². The van der Waals surface area contributed by atoms with Crippen LogP contribution in [-0.4, -0.2) is 28.4 Å². The molecule has 6 rings (SSSR count). The van der Waals surface area contributed by atoms with Crippen molar-refractivity contribution in [1.29, 1.82) is 0 Å². The van der Waals surface area contributed by atoms with Crippen LogP contribution in [-0.2, 0) is 19.1 Å². The summed E-state index contributed by atoms with van der Waals surface area (Å²) in [6, 6.07) is 8.17. The minimum Gasteiger partial charge on any atom is -0.456 e. The molecule has 55 heavy (non-hydrogen) atoms. The van der Waals surface area contributed by atoms with Gasteiger partial charge in [-0.3, -0.25) is 14.4 Å². The number of carbonyl (C=O) groups excluding carboxylic acids is 4. The summed E-state index contributed by atoms with van der Waals surface area (Å²) >= 11 is 4.62. The zero-order valence-corrected chi connectivity index (χ0v) is 38.2. The van der Waals surface area contributed by atoms with Crippen LogP contribution in [0.25, 0.3) is 5.57 Å². The van der Waals surface area contributed by atoms with Crippen molar-refractivity contribution in [2.24, 2.45) is 50.7 Å². The van der Waals surface area contributed by atoms with E-state index in [1.165, 1.54) is 56.1 Å². The van der Waals surface area contributed by atoms with Gasteiger partial charge in [0.15, 0.2) is 0 Å². The van der Waals surface area contributed by atoms with E-state index in [2.05, 4.69) is 71.0 Å². The van der Waals surface area contributed by atoms with E-state index in [0.717, 1.165) is 26.2 Å². The van der Waals surface area contributed by atoms with Crippen molar-refractivity contribution in [3.63, 3.8) is 0 Å². The van der Waals surface area contributed by atoms with Crippen molar-refractivity contribution in [2.75, 3.05) is 0 Å². The smallest absolute Gasteiger partial charge is 0.338 e. The Morgan fingerprint density at radius 3 is 1.82 bits per heavy atom. The highest BCUT2D eigenvalue weighted by atomic mass is 35.5. The maximum atomic E-state index is 13.1. The summed E-state index contributed by atoms with van der Waals surface area (Å²) in [7, 11) is 0. The van der Waals surface area contributed by atoms with Crippen LogP contribution in [0, 0.1) is 50.7 Å². The fraction of sp³-hybridized carbons (Fsp3) is 0.714. The molecule has 0 saturated heterocycles. The summed E-state index contributed by atoms with van der Waals surface area (Å²) in [5.74, 6) is 2.26. The Morgan fingerprint density at radius 1 is 0.782 bits per heavy atom. The van der Waals surface area contributed by atoms with E-state index in [1.54, 1.807) is 6.08 Å². The number of benzene rings is 1.